The van der Waals surface area contributed by atoms with Gasteiger partial charge in [0.1, 0.15) is 22.8 Å². The molecule has 0 bridgehead atoms. The van der Waals surface area contributed by atoms with E-state index in [0.29, 0.717) is 0 Å². The molecule has 0 aromatic heterocycles. The van der Waals surface area contributed by atoms with Crippen molar-refractivity contribution in [2.75, 3.05) is 0 Å². The van der Waals surface area contributed by atoms with Crippen LogP contribution in [-0.2, 0) is 4.79 Å². The summed E-state index contributed by atoms with van der Waals surface area (Å²) in [6.45, 7) is 1.34. The Hall–Kier alpha value is -3.96. The Kier molecular flexibility index (Phi) is 6.40. The maximum atomic E-state index is 14.0. The Bertz CT molecular complexity index is 1110. The quantitative estimate of drug-likeness (QED) is 0.0913. The first-order valence-electron chi connectivity index (χ1n) is 8.04. The van der Waals surface area contributed by atoms with E-state index in [1.807, 2.05) is 0 Å². The topological polar surface area (TPSA) is 133 Å². The van der Waals surface area contributed by atoms with E-state index in [2.05, 4.69) is 4.99 Å². The van der Waals surface area contributed by atoms with Crippen molar-refractivity contribution in [1.82, 2.24) is 0 Å². The van der Waals surface area contributed by atoms with E-state index < -0.39 is 73.9 Å². The number of aliphatic hydroxyl groups is 1. The average Bonchev–Trinajstić information content (AvgIpc) is 2.69. The van der Waals surface area contributed by atoms with E-state index >= 15 is 0 Å². The standard InChI is InChI=1S/C18H12F4N2O6/c1-2-10(23-11-5-7(24(29)30)3-4-12(11)25)13(18(27)28)17(26)8-6-9(19)15(21)16(22)14(8)20/h3-6,25-26H,2H2,1H3,(H,27,28). The molecule has 0 saturated heterocycles. The molecule has 2 rings (SSSR count). The van der Waals surface area contributed by atoms with Gasteiger partial charge < -0.3 is 15.3 Å². The fourth-order valence-corrected chi connectivity index (χ4v) is 2.41. The second-order valence-corrected chi connectivity index (χ2v) is 5.72. The summed E-state index contributed by atoms with van der Waals surface area (Å²) in [5.74, 6) is -12.3. The summed E-state index contributed by atoms with van der Waals surface area (Å²) in [4.78, 5) is 25.5. The van der Waals surface area contributed by atoms with E-state index in [0.717, 1.165) is 18.2 Å². The molecule has 0 aliphatic heterocycles. The van der Waals surface area contributed by atoms with Gasteiger partial charge in [-0.05, 0) is 18.6 Å². The van der Waals surface area contributed by atoms with E-state index in [9.17, 15) is 47.8 Å². The number of hydrogen-bond donors (Lipinski definition) is 3. The Morgan fingerprint density at radius 3 is 2.27 bits per heavy atom. The third-order valence-electron chi connectivity index (χ3n) is 3.86. The van der Waals surface area contributed by atoms with Crippen LogP contribution in [0.2, 0.25) is 0 Å². The molecule has 12 heteroatoms. The number of rotatable bonds is 6. The van der Waals surface area contributed by atoms with Crippen molar-refractivity contribution in [3.8, 4) is 5.75 Å². The smallest absolute Gasteiger partial charge is 0.341 e. The number of hydrogen-bond acceptors (Lipinski definition) is 6. The first-order chi connectivity index (χ1) is 14.0. The summed E-state index contributed by atoms with van der Waals surface area (Å²) in [5, 5.41) is 40.3. The number of nitro benzene ring substituents is 1. The number of aliphatic imine (C=N–C) groups is 1. The van der Waals surface area contributed by atoms with Crippen LogP contribution in [0.3, 0.4) is 0 Å². The van der Waals surface area contributed by atoms with Gasteiger partial charge in [0.25, 0.3) is 5.69 Å². The van der Waals surface area contributed by atoms with Crippen molar-refractivity contribution in [3.05, 3.63) is 68.8 Å². The molecule has 3 N–H and O–H groups in total. The van der Waals surface area contributed by atoms with Crippen LogP contribution in [0.15, 0.2) is 34.8 Å². The molecule has 0 saturated carbocycles. The zero-order valence-corrected chi connectivity index (χ0v) is 15.0. The minimum absolute atomic E-state index is 0.0597. The number of aliphatic hydroxyl groups excluding tert-OH is 1. The third kappa shape index (κ3) is 4.21. The number of carboxylic acids is 1. The number of carboxylic acid groups (broad SMARTS) is 1. The first-order valence-corrected chi connectivity index (χ1v) is 8.04. The lowest BCUT2D eigenvalue weighted by Gasteiger charge is -2.11. The minimum atomic E-state index is -2.27. The SMILES string of the molecule is CCC(=Nc1cc([N+](=O)[O-])ccc1O)C(C(=O)O)=C(O)c1cc(F)c(F)c(F)c1F. The normalized spacial score (nSPS) is 12.5. The number of nitro groups is 1. The Labute approximate surface area is 165 Å². The predicted molar refractivity (Wildman–Crippen MR) is 95.6 cm³/mol. The predicted octanol–water partition coefficient (Wildman–Crippen LogP) is 4.39. The third-order valence-corrected chi connectivity index (χ3v) is 3.86. The molecule has 0 radical (unpaired) electrons. The Balaban J connectivity index is 2.78. The molecule has 158 valence electrons. The highest BCUT2D eigenvalue weighted by molar-refractivity contribution is 6.24. The van der Waals surface area contributed by atoms with Crippen LogP contribution in [0.1, 0.15) is 18.9 Å². The second-order valence-electron chi connectivity index (χ2n) is 5.72. The summed E-state index contributed by atoms with van der Waals surface area (Å²) >= 11 is 0. The Morgan fingerprint density at radius 1 is 1.10 bits per heavy atom. The van der Waals surface area contributed by atoms with Gasteiger partial charge in [0.2, 0.25) is 0 Å². The van der Waals surface area contributed by atoms with Crippen LogP contribution < -0.4 is 0 Å². The van der Waals surface area contributed by atoms with Crippen LogP contribution in [-0.4, -0.2) is 31.9 Å². The number of aromatic hydroxyl groups is 1. The molecule has 0 heterocycles. The first kappa shape index (κ1) is 22.3. The lowest BCUT2D eigenvalue weighted by molar-refractivity contribution is -0.384. The number of non-ortho nitro benzene ring substituents is 1. The summed E-state index contributed by atoms with van der Waals surface area (Å²) in [6, 6.07) is 2.73. The molecule has 0 atom stereocenters. The number of phenolic OH excluding ortho intramolecular Hbond substituents is 1. The summed E-state index contributed by atoms with van der Waals surface area (Å²) in [6.07, 6.45) is -0.276. The number of benzene rings is 2. The van der Waals surface area contributed by atoms with Gasteiger partial charge in [0, 0.05) is 12.1 Å². The minimum Gasteiger partial charge on any atom is -0.506 e. The largest absolute Gasteiger partial charge is 0.506 e. The fourth-order valence-electron chi connectivity index (χ4n) is 2.41. The average molecular weight is 428 g/mol. The highest BCUT2D eigenvalue weighted by Gasteiger charge is 2.27. The van der Waals surface area contributed by atoms with Gasteiger partial charge in [-0.3, -0.25) is 10.1 Å². The number of nitrogens with zero attached hydrogens (tertiary/aromatic N) is 2. The lowest BCUT2D eigenvalue weighted by Crippen LogP contribution is -2.15. The van der Waals surface area contributed by atoms with Gasteiger partial charge >= 0.3 is 5.97 Å². The fraction of sp³-hybridized carbons (Fsp3) is 0.111. The van der Waals surface area contributed by atoms with Gasteiger partial charge in [-0.25, -0.2) is 27.3 Å². The zero-order valence-electron chi connectivity index (χ0n) is 15.0. The van der Waals surface area contributed by atoms with Crippen LogP contribution >= 0.6 is 0 Å². The summed E-state index contributed by atoms with van der Waals surface area (Å²) < 4.78 is 54.1. The lowest BCUT2D eigenvalue weighted by atomic mass is 10.0. The van der Waals surface area contributed by atoms with Crippen molar-refractivity contribution in [2.24, 2.45) is 4.99 Å². The van der Waals surface area contributed by atoms with E-state index in [1.165, 1.54) is 6.92 Å². The van der Waals surface area contributed by atoms with Crippen molar-refractivity contribution < 1.29 is 42.6 Å². The molecular formula is C18H12F4N2O6. The van der Waals surface area contributed by atoms with Crippen molar-refractivity contribution in [3.63, 3.8) is 0 Å². The maximum absolute atomic E-state index is 14.0. The highest BCUT2D eigenvalue weighted by atomic mass is 19.2. The number of phenols is 1. The molecule has 8 nitrogen and oxygen atoms in total. The van der Waals surface area contributed by atoms with Crippen LogP contribution in [0.4, 0.5) is 28.9 Å². The van der Waals surface area contributed by atoms with E-state index in [4.69, 9.17) is 0 Å². The van der Waals surface area contributed by atoms with Crippen molar-refractivity contribution >= 4 is 28.8 Å². The maximum Gasteiger partial charge on any atom is 0.341 e. The molecule has 0 spiro atoms. The van der Waals surface area contributed by atoms with E-state index in [-0.39, 0.29) is 12.5 Å². The van der Waals surface area contributed by atoms with Gasteiger partial charge in [0.15, 0.2) is 23.3 Å². The molecule has 0 amide bonds. The number of carbonyl (C=O) groups is 1. The van der Waals surface area contributed by atoms with Gasteiger partial charge in [-0.1, -0.05) is 6.92 Å². The molecule has 0 aliphatic rings. The number of aliphatic carboxylic acids is 1. The van der Waals surface area contributed by atoms with E-state index in [1.54, 1.807) is 0 Å². The van der Waals surface area contributed by atoms with Crippen LogP contribution in [0, 0.1) is 33.4 Å². The molecule has 0 aliphatic carbocycles. The van der Waals surface area contributed by atoms with Gasteiger partial charge in [0.05, 0.1) is 16.2 Å². The molecule has 0 fully saturated rings. The molecular weight excluding hydrogens is 416 g/mol. The summed E-state index contributed by atoms with van der Waals surface area (Å²) in [7, 11) is 0. The highest BCUT2D eigenvalue weighted by Crippen LogP contribution is 2.33. The van der Waals surface area contributed by atoms with Crippen LogP contribution in [0.25, 0.3) is 5.76 Å². The monoisotopic (exact) mass is 428 g/mol. The zero-order chi connectivity index (χ0) is 22.7. The molecule has 2 aromatic carbocycles. The molecule has 0 unspecified atom stereocenters. The van der Waals surface area contributed by atoms with Crippen molar-refractivity contribution in [1.29, 1.82) is 0 Å². The molecule has 2 aromatic rings. The van der Waals surface area contributed by atoms with Crippen LogP contribution in [0.5, 0.6) is 5.75 Å². The molecule has 30 heavy (non-hydrogen) atoms. The summed E-state index contributed by atoms with van der Waals surface area (Å²) in [5.41, 5.74) is -3.88. The van der Waals surface area contributed by atoms with Gasteiger partial charge in [-0.2, -0.15) is 0 Å². The number of halogens is 4. The Morgan fingerprint density at radius 2 is 1.73 bits per heavy atom. The van der Waals surface area contributed by atoms with Gasteiger partial charge in [-0.15, -0.1) is 0 Å². The van der Waals surface area contributed by atoms with Crippen molar-refractivity contribution in [2.45, 2.75) is 13.3 Å². The second kappa shape index (κ2) is 8.59.